The Balaban J connectivity index is 3.02. The fraction of sp³-hybridized carbons (Fsp3) is 0.647. The zero-order valence-corrected chi connectivity index (χ0v) is 14.5. The minimum absolute atomic E-state index is 0.117. The lowest BCUT2D eigenvalue weighted by molar-refractivity contribution is 0.355. The van der Waals surface area contributed by atoms with Crippen LogP contribution >= 0.6 is 0 Å². The molecular weight excluding hydrogens is 282 g/mol. The molecule has 0 aliphatic rings. The van der Waals surface area contributed by atoms with Crippen LogP contribution in [0.1, 0.15) is 46.1 Å². The first-order valence-electron chi connectivity index (χ1n) is 7.84. The summed E-state index contributed by atoms with van der Waals surface area (Å²) in [7, 11) is -2.94. The van der Waals surface area contributed by atoms with Crippen LogP contribution in [0.15, 0.2) is 30.3 Å². The van der Waals surface area contributed by atoms with E-state index in [4.69, 9.17) is 0 Å². The Morgan fingerprint density at radius 3 is 2.24 bits per heavy atom. The molecule has 0 saturated carbocycles. The molecule has 1 atom stereocenters. The van der Waals surface area contributed by atoms with Gasteiger partial charge in [0.2, 0.25) is 0 Å². The van der Waals surface area contributed by atoms with Crippen LogP contribution in [-0.4, -0.2) is 32.5 Å². The van der Waals surface area contributed by atoms with E-state index in [0.29, 0.717) is 12.5 Å². The summed E-state index contributed by atoms with van der Waals surface area (Å²) < 4.78 is 23.8. The van der Waals surface area contributed by atoms with E-state index >= 15 is 0 Å². The molecule has 3 nitrogen and oxygen atoms in total. The lowest BCUT2D eigenvalue weighted by atomic mass is 9.75. The molecule has 0 saturated heterocycles. The summed E-state index contributed by atoms with van der Waals surface area (Å²) in [6, 6.07) is 10.7. The standard InChI is InChI=1S/C17H29NO2S/c1-5-17(14-18-15(3)4,12-13-21(19,20)6-2)16-10-8-7-9-11-16/h7-11,15,18H,5-6,12-14H2,1-4H3. The van der Waals surface area contributed by atoms with Crippen LogP contribution in [0.25, 0.3) is 0 Å². The average molecular weight is 311 g/mol. The first-order valence-corrected chi connectivity index (χ1v) is 9.66. The molecule has 0 heterocycles. The third-order valence-electron chi connectivity index (χ3n) is 4.24. The van der Waals surface area contributed by atoms with Crippen LogP contribution < -0.4 is 5.32 Å². The van der Waals surface area contributed by atoms with Gasteiger partial charge in [0.1, 0.15) is 9.84 Å². The fourth-order valence-corrected chi connectivity index (χ4v) is 3.52. The average Bonchev–Trinajstić information content (AvgIpc) is 2.49. The number of rotatable bonds is 9. The van der Waals surface area contributed by atoms with Crippen LogP contribution in [0.3, 0.4) is 0 Å². The van der Waals surface area contributed by atoms with Gasteiger partial charge < -0.3 is 5.32 Å². The SMILES string of the molecule is CCC(CCS(=O)(=O)CC)(CNC(C)C)c1ccccc1. The van der Waals surface area contributed by atoms with Crippen LogP contribution in [0.5, 0.6) is 0 Å². The van der Waals surface area contributed by atoms with E-state index in [-0.39, 0.29) is 16.9 Å². The van der Waals surface area contributed by atoms with Crippen LogP contribution in [-0.2, 0) is 15.3 Å². The van der Waals surface area contributed by atoms with Crippen molar-refractivity contribution in [2.75, 3.05) is 18.1 Å². The number of hydrogen-bond donors (Lipinski definition) is 1. The van der Waals surface area contributed by atoms with Gasteiger partial charge >= 0.3 is 0 Å². The molecule has 0 radical (unpaired) electrons. The van der Waals surface area contributed by atoms with E-state index < -0.39 is 9.84 Å². The van der Waals surface area contributed by atoms with Crippen molar-refractivity contribution in [1.29, 1.82) is 0 Å². The molecule has 0 amide bonds. The largest absolute Gasteiger partial charge is 0.314 e. The Labute approximate surface area is 130 Å². The molecule has 0 aliphatic carbocycles. The Hall–Kier alpha value is -0.870. The van der Waals surface area contributed by atoms with Crippen molar-refractivity contribution in [3.05, 3.63) is 35.9 Å². The van der Waals surface area contributed by atoms with Crippen molar-refractivity contribution in [3.8, 4) is 0 Å². The Kier molecular flexibility index (Phi) is 6.88. The van der Waals surface area contributed by atoms with Crippen LogP contribution in [0.2, 0.25) is 0 Å². The van der Waals surface area contributed by atoms with Crippen molar-refractivity contribution in [2.45, 2.75) is 52.0 Å². The van der Waals surface area contributed by atoms with Gasteiger partial charge in [-0.25, -0.2) is 8.42 Å². The van der Waals surface area contributed by atoms with Crippen molar-refractivity contribution in [3.63, 3.8) is 0 Å². The van der Waals surface area contributed by atoms with Crippen molar-refractivity contribution < 1.29 is 8.42 Å². The monoisotopic (exact) mass is 311 g/mol. The highest BCUT2D eigenvalue weighted by atomic mass is 32.2. The first kappa shape index (κ1) is 18.2. The summed E-state index contributed by atoms with van der Waals surface area (Å²) >= 11 is 0. The molecule has 1 aromatic carbocycles. The molecule has 4 heteroatoms. The quantitative estimate of drug-likeness (QED) is 0.762. The molecule has 1 rings (SSSR count). The zero-order chi connectivity index (χ0) is 15.9. The van der Waals surface area contributed by atoms with Gasteiger partial charge in [-0.3, -0.25) is 0 Å². The van der Waals surface area contributed by atoms with Crippen molar-refractivity contribution in [2.24, 2.45) is 0 Å². The lowest BCUT2D eigenvalue weighted by Crippen LogP contribution is -2.42. The minimum Gasteiger partial charge on any atom is -0.314 e. The van der Waals surface area contributed by atoms with Crippen LogP contribution in [0, 0.1) is 0 Å². The number of nitrogens with one attached hydrogen (secondary N) is 1. The minimum atomic E-state index is -2.94. The molecule has 0 bridgehead atoms. The molecule has 0 fully saturated rings. The molecule has 1 aromatic rings. The lowest BCUT2D eigenvalue weighted by Gasteiger charge is -2.34. The van der Waals surface area contributed by atoms with Crippen molar-refractivity contribution in [1.82, 2.24) is 5.32 Å². The predicted molar refractivity (Wildman–Crippen MR) is 90.5 cm³/mol. The molecule has 0 spiro atoms. The second-order valence-electron chi connectivity index (χ2n) is 6.02. The second-order valence-corrected chi connectivity index (χ2v) is 8.49. The molecule has 1 unspecified atom stereocenters. The number of sulfone groups is 1. The molecular formula is C17H29NO2S. The Morgan fingerprint density at radius 2 is 1.76 bits per heavy atom. The molecule has 0 aromatic heterocycles. The van der Waals surface area contributed by atoms with Gasteiger partial charge in [0.05, 0.1) is 5.75 Å². The smallest absolute Gasteiger partial charge is 0.150 e. The summed E-state index contributed by atoms with van der Waals surface area (Å²) in [5.74, 6) is 0.477. The topological polar surface area (TPSA) is 46.2 Å². The maximum absolute atomic E-state index is 11.9. The number of benzene rings is 1. The number of hydrogen-bond acceptors (Lipinski definition) is 3. The maximum Gasteiger partial charge on any atom is 0.150 e. The summed E-state index contributed by atoms with van der Waals surface area (Å²) in [6.45, 7) is 8.91. The van der Waals surface area contributed by atoms with E-state index in [0.717, 1.165) is 13.0 Å². The summed E-state index contributed by atoms with van der Waals surface area (Å²) in [6.07, 6.45) is 1.60. The first-order chi connectivity index (χ1) is 9.85. The van der Waals surface area contributed by atoms with Gasteiger partial charge in [-0.15, -0.1) is 0 Å². The highest BCUT2D eigenvalue weighted by Gasteiger charge is 2.31. The zero-order valence-electron chi connectivity index (χ0n) is 13.7. The van der Waals surface area contributed by atoms with Gasteiger partial charge in [0, 0.05) is 23.8 Å². The van der Waals surface area contributed by atoms with Gasteiger partial charge in [-0.2, -0.15) is 0 Å². The predicted octanol–water partition coefficient (Wildman–Crippen LogP) is 3.16. The van der Waals surface area contributed by atoms with Crippen molar-refractivity contribution >= 4 is 9.84 Å². The summed E-state index contributed by atoms with van der Waals surface area (Å²) in [5.41, 5.74) is 1.11. The van der Waals surface area contributed by atoms with E-state index in [9.17, 15) is 8.42 Å². The molecule has 120 valence electrons. The third-order valence-corrected chi connectivity index (χ3v) is 5.95. The normalized spacial score (nSPS) is 15.1. The highest BCUT2D eigenvalue weighted by Crippen LogP contribution is 2.32. The maximum atomic E-state index is 11.9. The van der Waals surface area contributed by atoms with Gasteiger partial charge in [0.15, 0.2) is 0 Å². The van der Waals surface area contributed by atoms with Crippen LogP contribution in [0.4, 0.5) is 0 Å². The molecule has 1 N–H and O–H groups in total. The highest BCUT2D eigenvalue weighted by molar-refractivity contribution is 7.91. The summed E-state index contributed by atoms with van der Waals surface area (Å²) in [4.78, 5) is 0. The Morgan fingerprint density at radius 1 is 1.14 bits per heavy atom. The van der Waals surface area contributed by atoms with Gasteiger partial charge in [-0.05, 0) is 18.4 Å². The van der Waals surface area contributed by atoms with E-state index in [1.165, 1.54) is 5.56 Å². The molecule has 21 heavy (non-hydrogen) atoms. The second kappa shape index (κ2) is 7.95. The summed E-state index contributed by atoms with van der Waals surface area (Å²) in [5, 5.41) is 3.50. The van der Waals surface area contributed by atoms with E-state index in [1.54, 1.807) is 6.92 Å². The third kappa shape index (κ3) is 5.44. The molecule has 0 aliphatic heterocycles. The van der Waals surface area contributed by atoms with E-state index in [2.05, 4.69) is 38.2 Å². The Bertz CT molecular complexity index is 511. The van der Waals surface area contributed by atoms with Gasteiger partial charge in [-0.1, -0.05) is 58.0 Å². The van der Waals surface area contributed by atoms with E-state index in [1.807, 2.05) is 18.2 Å². The fourth-order valence-electron chi connectivity index (χ4n) is 2.53. The van der Waals surface area contributed by atoms with Gasteiger partial charge in [0.25, 0.3) is 0 Å².